The molecule has 1 aromatic heterocycles. The van der Waals surface area contributed by atoms with Gasteiger partial charge >= 0.3 is 5.97 Å². The molecule has 0 bridgehead atoms. The van der Waals surface area contributed by atoms with Crippen molar-refractivity contribution < 1.29 is 9.90 Å². The average Bonchev–Trinajstić information content (AvgIpc) is 2.82. The summed E-state index contributed by atoms with van der Waals surface area (Å²) in [6.45, 7) is 3.61. The molecule has 0 aliphatic rings. The van der Waals surface area contributed by atoms with Crippen molar-refractivity contribution in [2.24, 2.45) is 0 Å². The molecule has 0 saturated carbocycles. The van der Waals surface area contributed by atoms with Crippen LogP contribution in [0.1, 0.15) is 21.8 Å². The number of carboxylic acid groups (broad SMARTS) is 1. The molecule has 2 rings (SSSR count). The molecule has 21 heavy (non-hydrogen) atoms. The lowest BCUT2D eigenvalue weighted by molar-refractivity contribution is -0.131. The van der Waals surface area contributed by atoms with Gasteiger partial charge in [0.25, 0.3) is 0 Å². The second-order valence-electron chi connectivity index (χ2n) is 4.95. The number of thiazole rings is 1. The van der Waals surface area contributed by atoms with Gasteiger partial charge in [0.15, 0.2) is 0 Å². The van der Waals surface area contributed by atoms with Crippen LogP contribution in [0.25, 0.3) is 6.08 Å². The Morgan fingerprint density at radius 2 is 2.24 bits per heavy atom. The summed E-state index contributed by atoms with van der Waals surface area (Å²) >= 11 is 1.66. The van der Waals surface area contributed by atoms with Crippen LogP contribution >= 0.6 is 11.3 Å². The maximum Gasteiger partial charge on any atom is 0.328 e. The van der Waals surface area contributed by atoms with Gasteiger partial charge in [-0.25, -0.2) is 9.78 Å². The summed E-state index contributed by atoms with van der Waals surface area (Å²) in [7, 11) is 2.05. The minimum atomic E-state index is -0.934. The van der Waals surface area contributed by atoms with Crippen LogP contribution in [0.15, 0.2) is 35.7 Å². The molecule has 110 valence electrons. The van der Waals surface area contributed by atoms with Crippen LogP contribution in [-0.4, -0.2) is 28.0 Å². The van der Waals surface area contributed by atoms with E-state index in [2.05, 4.69) is 22.3 Å². The van der Waals surface area contributed by atoms with Gasteiger partial charge in [-0.05, 0) is 31.2 Å². The van der Waals surface area contributed by atoms with Crippen molar-refractivity contribution in [3.63, 3.8) is 0 Å². The van der Waals surface area contributed by atoms with Crippen LogP contribution in [0.5, 0.6) is 0 Å². The summed E-state index contributed by atoms with van der Waals surface area (Å²) in [6, 6.07) is 7.88. The molecule has 0 aliphatic heterocycles. The molecule has 0 spiro atoms. The van der Waals surface area contributed by atoms with Crippen molar-refractivity contribution in [3.8, 4) is 0 Å². The van der Waals surface area contributed by atoms with Gasteiger partial charge in [0.2, 0.25) is 0 Å². The molecule has 4 nitrogen and oxygen atoms in total. The molecule has 1 N–H and O–H groups in total. The number of aliphatic carboxylic acids is 1. The summed E-state index contributed by atoms with van der Waals surface area (Å²) in [5.74, 6) is -0.934. The van der Waals surface area contributed by atoms with Gasteiger partial charge in [-0.1, -0.05) is 24.3 Å². The first-order valence-electron chi connectivity index (χ1n) is 6.62. The highest BCUT2D eigenvalue weighted by atomic mass is 32.1. The monoisotopic (exact) mass is 302 g/mol. The van der Waals surface area contributed by atoms with Crippen LogP contribution in [0.3, 0.4) is 0 Å². The predicted molar refractivity (Wildman–Crippen MR) is 85.1 cm³/mol. The Kier molecular flexibility index (Phi) is 5.25. The Morgan fingerprint density at radius 1 is 1.43 bits per heavy atom. The molecule has 0 saturated heterocycles. The molecule has 5 heteroatoms. The average molecular weight is 302 g/mol. The van der Waals surface area contributed by atoms with Gasteiger partial charge in [0, 0.05) is 24.5 Å². The fraction of sp³-hybridized carbons (Fsp3) is 0.250. The number of aryl methyl sites for hydroxylation is 1. The molecule has 0 fully saturated rings. The molecule has 0 radical (unpaired) electrons. The fourth-order valence-electron chi connectivity index (χ4n) is 2.09. The molecular weight excluding hydrogens is 284 g/mol. The molecule has 1 aromatic carbocycles. The Labute approximate surface area is 128 Å². The van der Waals surface area contributed by atoms with Gasteiger partial charge < -0.3 is 5.11 Å². The number of hydrogen-bond acceptors (Lipinski definition) is 4. The lowest BCUT2D eigenvalue weighted by Gasteiger charge is -2.15. The topological polar surface area (TPSA) is 53.4 Å². The largest absolute Gasteiger partial charge is 0.478 e. The molecule has 2 aromatic rings. The highest BCUT2D eigenvalue weighted by molar-refractivity contribution is 7.09. The molecule has 0 amide bonds. The van der Waals surface area contributed by atoms with E-state index >= 15 is 0 Å². The number of carbonyl (C=O) groups is 1. The quantitative estimate of drug-likeness (QED) is 0.833. The third kappa shape index (κ3) is 5.13. The third-order valence-corrected chi connectivity index (χ3v) is 3.74. The molecule has 1 heterocycles. The number of benzene rings is 1. The first kappa shape index (κ1) is 15.4. The third-order valence-electron chi connectivity index (χ3n) is 2.92. The summed E-state index contributed by atoms with van der Waals surface area (Å²) < 4.78 is 0. The first-order valence-corrected chi connectivity index (χ1v) is 7.50. The molecular formula is C16H18N2O2S. The Morgan fingerprint density at radius 3 is 2.90 bits per heavy atom. The fourth-order valence-corrected chi connectivity index (χ4v) is 2.69. The van der Waals surface area contributed by atoms with E-state index in [0.29, 0.717) is 0 Å². The van der Waals surface area contributed by atoms with E-state index in [9.17, 15) is 4.79 Å². The maximum atomic E-state index is 10.5. The summed E-state index contributed by atoms with van der Waals surface area (Å²) in [6.07, 6.45) is 2.76. The Hall–Kier alpha value is -1.98. The van der Waals surface area contributed by atoms with E-state index in [0.717, 1.165) is 41.0 Å². The van der Waals surface area contributed by atoms with Crippen molar-refractivity contribution >= 4 is 23.4 Å². The maximum absolute atomic E-state index is 10.5. The Balaban J connectivity index is 1.98. The summed E-state index contributed by atoms with van der Waals surface area (Å²) in [4.78, 5) is 17.2. The Bertz CT molecular complexity index is 649. The highest BCUT2D eigenvalue weighted by Crippen LogP contribution is 2.13. The zero-order valence-corrected chi connectivity index (χ0v) is 12.9. The van der Waals surface area contributed by atoms with E-state index in [4.69, 9.17) is 5.11 Å². The van der Waals surface area contributed by atoms with Crippen molar-refractivity contribution in [3.05, 3.63) is 57.6 Å². The van der Waals surface area contributed by atoms with E-state index in [1.165, 1.54) is 0 Å². The molecule has 0 atom stereocenters. The van der Waals surface area contributed by atoms with E-state index in [1.54, 1.807) is 17.4 Å². The predicted octanol–water partition coefficient (Wildman–Crippen LogP) is 3.18. The number of rotatable bonds is 6. The van der Waals surface area contributed by atoms with Gasteiger partial charge in [-0.3, -0.25) is 4.90 Å². The second kappa shape index (κ2) is 7.15. The summed E-state index contributed by atoms with van der Waals surface area (Å²) in [5.41, 5.74) is 3.13. The van der Waals surface area contributed by atoms with Gasteiger partial charge in [0.1, 0.15) is 0 Å². The first-order chi connectivity index (χ1) is 10.0. The van der Waals surface area contributed by atoms with Crippen LogP contribution in [0.2, 0.25) is 0 Å². The highest BCUT2D eigenvalue weighted by Gasteiger charge is 2.05. The smallest absolute Gasteiger partial charge is 0.328 e. The van der Waals surface area contributed by atoms with Crippen LogP contribution < -0.4 is 0 Å². The lowest BCUT2D eigenvalue weighted by atomic mass is 10.1. The number of aromatic nitrogens is 1. The SMILES string of the molecule is Cc1nc(CN(C)Cc2cccc(C=CC(=O)O)c2)cs1. The van der Waals surface area contributed by atoms with Gasteiger partial charge in [0.05, 0.1) is 10.7 Å². The zero-order chi connectivity index (χ0) is 15.2. The zero-order valence-electron chi connectivity index (χ0n) is 12.1. The van der Waals surface area contributed by atoms with E-state index in [1.807, 2.05) is 31.2 Å². The van der Waals surface area contributed by atoms with Crippen molar-refractivity contribution in [1.29, 1.82) is 0 Å². The lowest BCUT2D eigenvalue weighted by Crippen LogP contribution is -2.17. The molecule has 0 aliphatic carbocycles. The van der Waals surface area contributed by atoms with Crippen LogP contribution in [-0.2, 0) is 17.9 Å². The van der Waals surface area contributed by atoms with E-state index < -0.39 is 5.97 Å². The second-order valence-corrected chi connectivity index (χ2v) is 6.01. The van der Waals surface area contributed by atoms with Crippen molar-refractivity contribution in [1.82, 2.24) is 9.88 Å². The van der Waals surface area contributed by atoms with Gasteiger partial charge in [-0.15, -0.1) is 11.3 Å². The number of carboxylic acids is 1. The van der Waals surface area contributed by atoms with Crippen molar-refractivity contribution in [2.75, 3.05) is 7.05 Å². The normalized spacial score (nSPS) is 11.4. The molecule has 0 unspecified atom stereocenters. The minimum Gasteiger partial charge on any atom is -0.478 e. The van der Waals surface area contributed by atoms with Crippen molar-refractivity contribution in [2.45, 2.75) is 20.0 Å². The van der Waals surface area contributed by atoms with Crippen LogP contribution in [0.4, 0.5) is 0 Å². The van der Waals surface area contributed by atoms with E-state index in [-0.39, 0.29) is 0 Å². The standard InChI is InChI=1S/C16H18N2O2S/c1-12-17-15(11-21-12)10-18(2)9-14-5-3-4-13(8-14)6-7-16(19)20/h3-8,11H,9-10H2,1-2H3,(H,19,20). The van der Waals surface area contributed by atoms with Crippen LogP contribution in [0, 0.1) is 6.92 Å². The van der Waals surface area contributed by atoms with Gasteiger partial charge in [-0.2, -0.15) is 0 Å². The number of nitrogens with zero attached hydrogens (tertiary/aromatic N) is 2. The number of hydrogen-bond donors (Lipinski definition) is 1. The minimum absolute atomic E-state index is 0.797. The summed E-state index contributed by atoms with van der Waals surface area (Å²) in [5, 5.41) is 11.8.